The fourth-order valence-corrected chi connectivity index (χ4v) is 4.52. The van der Waals surface area contributed by atoms with Crippen LogP contribution in [0.3, 0.4) is 0 Å². The van der Waals surface area contributed by atoms with Crippen molar-refractivity contribution in [3.8, 4) is 0 Å². The molecule has 0 N–H and O–H groups in total. The average molecular weight is 306 g/mol. The highest BCUT2D eigenvalue weighted by atomic mass is 16.7. The Labute approximate surface area is 134 Å². The largest absolute Gasteiger partial charge is 0.382 e. The third kappa shape index (κ3) is 3.32. The van der Waals surface area contributed by atoms with E-state index in [1.54, 1.807) is 18.3 Å². The zero-order valence-electron chi connectivity index (χ0n) is 14.1. The summed E-state index contributed by atoms with van der Waals surface area (Å²) in [6, 6.07) is 0. The van der Waals surface area contributed by atoms with Gasteiger partial charge in [-0.1, -0.05) is 36.6 Å². The molecule has 0 radical (unpaired) electrons. The first kappa shape index (κ1) is 16.2. The Morgan fingerprint density at radius 1 is 1.18 bits per heavy atom. The van der Waals surface area contributed by atoms with E-state index in [0.717, 1.165) is 18.8 Å². The van der Waals surface area contributed by atoms with Gasteiger partial charge in [0.05, 0.1) is 19.3 Å². The molecule has 0 aliphatic heterocycles. The van der Waals surface area contributed by atoms with Gasteiger partial charge in [-0.3, -0.25) is 0 Å². The number of ether oxygens (including phenoxy) is 3. The smallest absolute Gasteiger partial charge is 0.147 e. The first-order chi connectivity index (χ1) is 10.7. The molecule has 3 aliphatic rings. The quantitative estimate of drug-likeness (QED) is 0.542. The highest BCUT2D eigenvalue weighted by Gasteiger charge is 2.44. The number of hydrogen-bond acceptors (Lipinski definition) is 3. The van der Waals surface area contributed by atoms with E-state index in [0.29, 0.717) is 31.5 Å². The van der Waals surface area contributed by atoms with Crippen molar-refractivity contribution in [1.29, 1.82) is 0 Å². The number of methoxy groups -OCH3 is 1. The number of allylic oxidation sites excluding steroid dienone is 3. The van der Waals surface area contributed by atoms with Crippen LogP contribution in [0, 0.1) is 11.3 Å². The first-order valence-electron chi connectivity index (χ1n) is 8.82. The summed E-state index contributed by atoms with van der Waals surface area (Å²) in [5, 5.41) is 0. The maximum atomic E-state index is 5.92. The maximum Gasteiger partial charge on any atom is 0.147 e. The Balaban J connectivity index is 1.56. The van der Waals surface area contributed by atoms with E-state index < -0.39 is 0 Å². The summed E-state index contributed by atoms with van der Waals surface area (Å²) in [6.07, 6.45) is 14.1. The number of rotatable bonds is 6. The molecule has 0 aromatic carbocycles. The molecule has 0 heterocycles. The van der Waals surface area contributed by atoms with Gasteiger partial charge in [-0.05, 0) is 49.9 Å². The van der Waals surface area contributed by atoms with Crippen molar-refractivity contribution < 1.29 is 14.2 Å². The Hall–Kier alpha value is -0.640. The van der Waals surface area contributed by atoms with Crippen LogP contribution < -0.4 is 0 Å². The molecule has 124 valence electrons. The van der Waals surface area contributed by atoms with Gasteiger partial charge in [-0.15, -0.1) is 0 Å². The van der Waals surface area contributed by atoms with Crippen molar-refractivity contribution in [2.75, 3.05) is 27.1 Å². The zero-order chi connectivity index (χ0) is 15.4. The normalized spacial score (nSPS) is 34.5. The third-order valence-electron chi connectivity index (χ3n) is 5.91. The van der Waals surface area contributed by atoms with Crippen LogP contribution >= 0.6 is 0 Å². The predicted molar refractivity (Wildman–Crippen MR) is 87.7 cm³/mol. The van der Waals surface area contributed by atoms with Gasteiger partial charge < -0.3 is 14.2 Å². The van der Waals surface area contributed by atoms with Gasteiger partial charge in [0.2, 0.25) is 0 Å². The minimum absolute atomic E-state index is 0.320. The summed E-state index contributed by atoms with van der Waals surface area (Å²) in [6.45, 7) is 4.12. The molecule has 22 heavy (non-hydrogen) atoms. The number of fused-ring (bicyclic) bond motifs is 3. The molecule has 3 rings (SSSR count). The van der Waals surface area contributed by atoms with Gasteiger partial charge in [-0.2, -0.15) is 0 Å². The van der Waals surface area contributed by atoms with E-state index >= 15 is 0 Å². The molecule has 0 bridgehead atoms. The van der Waals surface area contributed by atoms with Crippen LogP contribution in [0.1, 0.15) is 51.9 Å². The Morgan fingerprint density at radius 3 is 2.95 bits per heavy atom. The zero-order valence-corrected chi connectivity index (χ0v) is 14.1. The molecule has 0 unspecified atom stereocenters. The van der Waals surface area contributed by atoms with E-state index in [4.69, 9.17) is 14.2 Å². The molecule has 3 nitrogen and oxygen atoms in total. The molecule has 2 fully saturated rings. The summed E-state index contributed by atoms with van der Waals surface area (Å²) >= 11 is 0. The van der Waals surface area contributed by atoms with Crippen molar-refractivity contribution in [2.45, 2.75) is 58.0 Å². The second kappa shape index (κ2) is 7.29. The van der Waals surface area contributed by atoms with Crippen molar-refractivity contribution in [3.05, 3.63) is 23.3 Å². The Morgan fingerprint density at radius 2 is 2.09 bits per heavy atom. The van der Waals surface area contributed by atoms with E-state index in [1.165, 1.54) is 32.1 Å². The van der Waals surface area contributed by atoms with Crippen LogP contribution in [0.25, 0.3) is 0 Å². The van der Waals surface area contributed by atoms with Crippen LogP contribution in [0.15, 0.2) is 23.3 Å². The van der Waals surface area contributed by atoms with Crippen LogP contribution in [0.2, 0.25) is 0 Å². The van der Waals surface area contributed by atoms with Gasteiger partial charge in [0.25, 0.3) is 0 Å². The summed E-state index contributed by atoms with van der Waals surface area (Å²) in [5.41, 5.74) is 3.71. The molecular formula is C19H30O3. The number of hydrogen-bond donors (Lipinski definition) is 0. The summed E-state index contributed by atoms with van der Waals surface area (Å²) in [7, 11) is 1.69. The maximum absolute atomic E-state index is 5.92. The summed E-state index contributed by atoms with van der Waals surface area (Å²) in [4.78, 5) is 0. The van der Waals surface area contributed by atoms with E-state index in [9.17, 15) is 0 Å². The SMILES string of the molecule is COCCOCO[C@@H]1CC[C@]2(C)C(=CC=C3CCCC[C@H]32)C1. The monoisotopic (exact) mass is 306 g/mol. The molecule has 0 aromatic heterocycles. The van der Waals surface area contributed by atoms with E-state index in [-0.39, 0.29) is 0 Å². The molecule has 0 saturated heterocycles. The topological polar surface area (TPSA) is 27.7 Å². The van der Waals surface area contributed by atoms with Gasteiger partial charge in [-0.25, -0.2) is 0 Å². The standard InChI is InChI=1S/C19H30O3/c1-19-10-9-17(22-14-21-12-11-20-2)13-16(19)8-7-15-5-3-4-6-18(15)19/h7-8,17-18H,3-6,9-14H2,1-2H3/t17-,18-,19-/m1/s1. The Kier molecular flexibility index (Phi) is 5.37. The molecular weight excluding hydrogens is 276 g/mol. The highest BCUT2D eigenvalue weighted by molar-refractivity contribution is 5.35. The summed E-state index contributed by atoms with van der Waals surface area (Å²) in [5.74, 6) is 0.792. The molecule has 2 saturated carbocycles. The lowest BCUT2D eigenvalue weighted by atomic mass is 9.56. The van der Waals surface area contributed by atoms with Crippen molar-refractivity contribution in [3.63, 3.8) is 0 Å². The lowest BCUT2D eigenvalue weighted by Crippen LogP contribution is -2.40. The molecule has 3 heteroatoms. The third-order valence-corrected chi connectivity index (χ3v) is 5.91. The lowest BCUT2D eigenvalue weighted by Gasteiger charge is -2.49. The van der Waals surface area contributed by atoms with Crippen LogP contribution in [-0.4, -0.2) is 33.2 Å². The van der Waals surface area contributed by atoms with Gasteiger partial charge in [0, 0.05) is 7.11 Å². The minimum Gasteiger partial charge on any atom is -0.382 e. The van der Waals surface area contributed by atoms with Gasteiger partial charge in [0.1, 0.15) is 6.79 Å². The fourth-order valence-electron chi connectivity index (χ4n) is 4.52. The first-order valence-corrected chi connectivity index (χ1v) is 8.82. The van der Waals surface area contributed by atoms with Gasteiger partial charge in [0.15, 0.2) is 0 Å². The predicted octanol–water partition coefficient (Wildman–Crippen LogP) is 4.24. The van der Waals surface area contributed by atoms with E-state index in [1.807, 2.05) is 0 Å². The second-order valence-electron chi connectivity index (χ2n) is 7.20. The van der Waals surface area contributed by atoms with Crippen LogP contribution in [0.4, 0.5) is 0 Å². The highest BCUT2D eigenvalue weighted by Crippen LogP contribution is 2.55. The average Bonchev–Trinajstić information content (AvgIpc) is 2.55. The second-order valence-corrected chi connectivity index (χ2v) is 7.20. The molecule has 0 spiro atoms. The molecule has 3 atom stereocenters. The van der Waals surface area contributed by atoms with Crippen molar-refractivity contribution in [2.24, 2.45) is 11.3 Å². The molecule has 3 aliphatic carbocycles. The van der Waals surface area contributed by atoms with Crippen molar-refractivity contribution >= 4 is 0 Å². The van der Waals surface area contributed by atoms with Gasteiger partial charge >= 0.3 is 0 Å². The minimum atomic E-state index is 0.320. The lowest BCUT2D eigenvalue weighted by molar-refractivity contribution is -0.107. The molecule has 0 aromatic rings. The van der Waals surface area contributed by atoms with E-state index in [2.05, 4.69) is 19.1 Å². The fraction of sp³-hybridized carbons (Fsp3) is 0.789. The van der Waals surface area contributed by atoms with Crippen LogP contribution in [0.5, 0.6) is 0 Å². The van der Waals surface area contributed by atoms with Crippen LogP contribution in [-0.2, 0) is 14.2 Å². The molecule has 0 amide bonds. The Bertz CT molecular complexity index is 440. The van der Waals surface area contributed by atoms with Crippen molar-refractivity contribution in [1.82, 2.24) is 0 Å². The summed E-state index contributed by atoms with van der Waals surface area (Å²) < 4.78 is 16.3.